The van der Waals surface area contributed by atoms with Gasteiger partial charge in [-0.05, 0) is 47.1 Å². The molecule has 0 bridgehead atoms. The lowest BCUT2D eigenvalue weighted by Gasteiger charge is -2.43. The lowest BCUT2D eigenvalue weighted by atomic mass is 9.96. The SMILES string of the molecule is C[C@@H]1CCCCN1C(C)(C)C. The number of hydrogen-bond acceptors (Lipinski definition) is 1. The van der Waals surface area contributed by atoms with Gasteiger partial charge in [0.25, 0.3) is 0 Å². The topological polar surface area (TPSA) is 3.24 Å². The van der Waals surface area contributed by atoms with Crippen LogP contribution >= 0.6 is 0 Å². The first-order valence-corrected chi connectivity index (χ1v) is 4.78. The van der Waals surface area contributed by atoms with Gasteiger partial charge in [-0.2, -0.15) is 0 Å². The molecule has 11 heavy (non-hydrogen) atoms. The van der Waals surface area contributed by atoms with Crippen molar-refractivity contribution in [1.29, 1.82) is 0 Å². The maximum atomic E-state index is 2.62. The highest BCUT2D eigenvalue weighted by atomic mass is 15.2. The zero-order valence-corrected chi connectivity index (χ0v) is 8.35. The van der Waals surface area contributed by atoms with Crippen LogP contribution in [0.5, 0.6) is 0 Å². The van der Waals surface area contributed by atoms with E-state index in [1.165, 1.54) is 25.8 Å². The Kier molecular flexibility index (Phi) is 2.58. The van der Waals surface area contributed by atoms with Crippen LogP contribution in [0.25, 0.3) is 0 Å². The van der Waals surface area contributed by atoms with Crippen molar-refractivity contribution in [3.8, 4) is 0 Å². The summed E-state index contributed by atoms with van der Waals surface area (Å²) < 4.78 is 0. The molecule has 66 valence electrons. The molecule has 1 atom stereocenters. The van der Waals surface area contributed by atoms with Gasteiger partial charge in [0.05, 0.1) is 0 Å². The van der Waals surface area contributed by atoms with E-state index in [9.17, 15) is 0 Å². The zero-order chi connectivity index (χ0) is 8.48. The predicted molar refractivity (Wildman–Crippen MR) is 49.8 cm³/mol. The molecule has 1 aliphatic rings. The summed E-state index contributed by atoms with van der Waals surface area (Å²) in [7, 11) is 0. The van der Waals surface area contributed by atoms with Gasteiger partial charge in [0, 0.05) is 11.6 Å². The molecule has 1 fully saturated rings. The summed E-state index contributed by atoms with van der Waals surface area (Å²) in [6.45, 7) is 10.6. The molecule has 0 radical (unpaired) electrons. The average Bonchev–Trinajstić information content (AvgIpc) is 1.86. The number of piperidine rings is 1. The molecule has 0 unspecified atom stereocenters. The van der Waals surface area contributed by atoms with Crippen LogP contribution < -0.4 is 0 Å². The first kappa shape index (κ1) is 9.05. The van der Waals surface area contributed by atoms with Gasteiger partial charge in [-0.1, -0.05) is 6.42 Å². The summed E-state index contributed by atoms with van der Waals surface area (Å²) in [5.74, 6) is 0. The highest BCUT2D eigenvalue weighted by Gasteiger charge is 2.27. The number of likely N-dealkylation sites (tertiary alicyclic amines) is 1. The molecule has 1 heterocycles. The molecule has 1 aliphatic heterocycles. The van der Waals surface area contributed by atoms with Crippen LogP contribution in [0.3, 0.4) is 0 Å². The molecule has 0 amide bonds. The van der Waals surface area contributed by atoms with Crippen LogP contribution in [0.4, 0.5) is 0 Å². The van der Waals surface area contributed by atoms with Crippen LogP contribution in [-0.4, -0.2) is 23.0 Å². The fourth-order valence-electron chi connectivity index (χ4n) is 2.09. The van der Waals surface area contributed by atoms with Crippen molar-refractivity contribution in [3.05, 3.63) is 0 Å². The Labute approximate surface area is 70.8 Å². The summed E-state index contributed by atoms with van der Waals surface area (Å²) in [5.41, 5.74) is 0.375. The largest absolute Gasteiger partial charge is 0.296 e. The summed E-state index contributed by atoms with van der Waals surface area (Å²) in [6.07, 6.45) is 4.20. The first-order chi connectivity index (χ1) is 5.02. The molecular weight excluding hydrogens is 134 g/mol. The maximum Gasteiger partial charge on any atom is 0.0127 e. The van der Waals surface area contributed by atoms with E-state index < -0.39 is 0 Å². The van der Waals surface area contributed by atoms with E-state index in [0.29, 0.717) is 5.54 Å². The Bertz CT molecular complexity index is 123. The number of rotatable bonds is 0. The van der Waals surface area contributed by atoms with E-state index in [2.05, 4.69) is 32.6 Å². The highest BCUT2D eigenvalue weighted by Crippen LogP contribution is 2.24. The van der Waals surface area contributed by atoms with Crippen molar-refractivity contribution in [2.24, 2.45) is 0 Å². The van der Waals surface area contributed by atoms with Gasteiger partial charge in [-0.3, -0.25) is 4.90 Å². The molecule has 0 aromatic rings. The molecule has 0 aliphatic carbocycles. The molecule has 0 aromatic carbocycles. The van der Waals surface area contributed by atoms with E-state index in [1.54, 1.807) is 0 Å². The van der Waals surface area contributed by atoms with Gasteiger partial charge in [0.15, 0.2) is 0 Å². The number of hydrogen-bond donors (Lipinski definition) is 0. The van der Waals surface area contributed by atoms with Crippen LogP contribution in [0.1, 0.15) is 47.0 Å². The third kappa shape index (κ3) is 2.19. The van der Waals surface area contributed by atoms with Gasteiger partial charge in [0.2, 0.25) is 0 Å². The quantitative estimate of drug-likeness (QED) is 0.520. The molecule has 1 rings (SSSR count). The van der Waals surface area contributed by atoms with Crippen molar-refractivity contribution in [1.82, 2.24) is 4.90 Å². The molecule has 0 N–H and O–H groups in total. The van der Waals surface area contributed by atoms with E-state index in [0.717, 1.165) is 6.04 Å². The van der Waals surface area contributed by atoms with Crippen molar-refractivity contribution >= 4 is 0 Å². The van der Waals surface area contributed by atoms with E-state index in [1.807, 2.05) is 0 Å². The van der Waals surface area contributed by atoms with E-state index >= 15 is 0 Å². The van der Waals surface area contributed by atoms with Gasteiger partial charge in [-0.25, -0.2) is 0 Å². The predicted octanol–water partition coefficient (Wildman–Crippen LogP) is 2.66. The van der Waals surface area contributed by atoms with Crippen LogP contribution in [0, 0.1) is 0 Å². The van der Waals surface area contributed by atoms with Crippen molar-refractivity contribution in [3.63, 3.8) is 0 Å². The second kappa shape index (κ2) is 3.14. The maximum absolute atomic E-state index is 2.62. The van der Waals surface area contributed by atoms with Gasteiger partial charge in [0.1, 0.15) is 0 Å². The third-order valence-corrected chi connectivity index (χ3v) is 2.66. The first-order valence-electron chi connectivity index (χ1n) is 4.78. The molecule has 1 heteroatoms. The molecule has 1 nitrogen and oxygen atoms in total. The minimum atomic E-state index is 0.375. The summed E-state index contributed by atoms with van der Waals surface area (Å²) in [6, 6.07) is 0.795. The van der Waals surface area contributed by atoms with Gasteiger partial charge in [-0.15, -0.1) is 0 Å². The highest BCUT2D eigenvalue weighted by molar-refractivity contribution is 4.83. The lowest BCUT2D eigenvalue weighted by molar-refractivity contribution is 0.0609. The van der Waals surface area contributed by atoms with Gasteiger partial charge < -0.3 is 0 Å². The van der Waals surface area contributed by atoms with Crippen molar-refractivity contribution < 1.29 is 0 Å². The third-order valence-electron chi connectivity index (χ3n) is 2.66. The minimum Gasteiger partial charge on any atom is -0.296 e. The fourth-order valence-corrected chi connectivity index (χ4v) is 2.09. The summed E-state index contributed by atoms with van der Waals surface area (Å²) in [4.78, 5) is 2.62. The Hall–Kier alpha value is -0.0400. The molecule has 0 aromatic heterocycles. The van der Waals surface area contributed by atoms with Gasteiger partial charge >= 0.3 is 0 Å². The minimum absolute atomic E-state index is 0.375. The second-order valence-corrected chi connectivity index (χ2v) is 4.71. The smallest absolute Gasteiger partial charge is 0.0127 e. The van der Waals surface area contributed by atoms with E-state index in [-0.39, 0.29) is 0 Å². The molecule has 0 saturated carbocycles. The zero-order valence-electron chi connectivity index (χ0n) is 8.35. The van der Waals surface area contributed by atoms with E-state index in [4.69, 9.17) is 0 Å². The summed E-state index contributed by atoms with van der Waals surface area (Å²) >= 11 is 0. The standard InChI is InChI=1S/C10H21N/c1-9-7-5-6-8-11(9)10(2,3)4/h9H,5-8H2,1-4H3/t9-/m1/s1. The fraction of sp³-hybridized carbons (Fsp3) is 1.00. The average molecular weight is 155 g/mol. The van der Waals surface area contributed by atoms with Crippen LogP contribution in [-0.2, 0) is 0 Å². The lowest BCUT2D eigenvalue weighted by Crippen LogP contribution is -2.49. The second-order valence-electron chi connectivity index (χ2n) is 4.71. The number of nitrogens with zero attached hydrogens (tertiary/aromatic N) is 1. The van der Waals surface area contributed by atoms with Crippen LogP contribution in [0.2, 0.25) is 0 Å². The van der Waals surface area contributed by atoms with Crippen LogP contribution in [0.15, 0.2) is 0 Å². The Morgan fingerprint density at radius 1 is 1.18 bits per heavy atom. The van der Waals surface area contributed by atoms with Crippen molar-refractivity contribution in [2.45, 2.75) is 58.5 Å². The monoisotopic (exact) mass is 155 g/mol. The van der Waals surface area contributed by atoms with Crippen molar-refractivity contribution in [2.75, 3.05) is 6.54 Å². The Morgan fingerprint density at radius 2 is 1.82 bits per heavy atom. The molecule has 0 spiro atoms. The summed E-state index contributed by atoms with van der Waals surface area (Å²) in [5, 5.41) is 0. The Morgan fingerprint density at radius 3 is 2.18 bits per heavy atom. The molecule has 1 saturated heterocycles. The Balaban J connectivity index is 2.55. The molecular formula is C10H21N. The normalized spacial score (nSPS) is 28.9.